The summed E-state index contributed by atoms with van der Waals surface area (Å²) < 4.78 is 9.10. The first-order valence-corrected chi connectivity index (χ1v) is 3.50. The van der Waals surface area contributed by atoms with Gasteiger partial charge in [0.25, 0.3) is 0 Å². The van der Waals surface area contributed by atoms with Crippen LogP contribution in [0.2, 0.25) is 0 Å². The minimum Gasteiger partial charge on any atom is -0.462 e. The first kappa shape index (κ1) is 8.52. The zero-order valence-corrected chi connectivity index (χ0v) is 6.57. The lowest BCUT2D eigenvalue weighted by atomic mass is 10.3. The average Bonchev–Trinajstić information content (AvgIpc) is 2.05. The molecule has 0 fully saturated rings. The summed E-state index contributed by atoms with van der Waals surface area (Å²) in [6, 6.07) is 2.48. The highest BCUT2D eigenvalue weighted by Crippen LogP contribution is 1.96. The van der Waals surface area contributed by atoms with E-state index >= 15 is 0 Å². The van der Waals surface area contributed by atoms with Gasteiger partial charge in [0.05, 0.1) is 18.4 Å². The van der Waals surface area contributed by atoms with Crippen LogP contribution in [-0.4, -0.2) is 12.6 Å². The van der Waals surface area contributed by atoms with Crippen LogP contribution in [-0.2, 0) is 4.74 Å². The zero-order valence-electron chi connectivity index (χ0n) is 6.57. The van der Waals surface area contributed by atoms with Crippen molar-refractivity contribution in [2.45, 2.75) is 6.92 Å². The molecule has 4 heteroatoms. The van der Waals surface area contributed by atoms with Gasteiger partial charge in [0.2, 0.25) is 0 Å². The Bertz CT molecular complexity index is 326. The van der Waals surface area contributed by atoms with Crippen molar-refractivity contribution in [2.75, 3.05) is 6.61 Å². The van der Waals surface area contributed by atoms with E-state index in [1.807, 2.05) is 0 Å². The molecule has 0 unspecified atom stereocenters. The van der Waals surface area contributed by atoms with E-state index in [4.69, 9.17) is 0 Å². The van der Waals surface area contributed by atoms with E-state index in [1.54, 1.807) is 6.92 Å². The van der Waals surface area contributed by atoms with E-state index in [2.05, 4.69) is 9.15 Å². The Hall–Kier alpha value is -1.58. The third kappa shape index (κ3) is 1.95. The summed E-state index contributed by atoms with van der Waals surface area (Å²) in [5.41, 5.74) is -0.339. The molecule has 12 heavy (non-hydrogen) atoms. The highest BCUT2D eigenvalue weighted by atomic mass is 16.5. The molecule has 1 rings (SSSR count). The first-order valence-electron chi connectivity index (χ1n) is 3.50. The number of ether oxygens (including phenoxy) is 1. The minimum atomic E-state index is -0.555. The van der Waals surface area contributed by atoms with Crippen LogP contribution in [0.1, 0.15) is 17.3 Å². The van der Waals surface area contributed by atoms with Crippen molar-refractivity contribution in [3.8, 4) is 0 Å². The number of carbonyl (C=O) groups excluding carboxylic acids is 1. The fourth-order valence-electron chi connectivity index (χ4n) is 0.725. The minimum absolute atomic E-state index is 0.216. The van der Waals surface area contributed by atoms with Crippen LogP contribution >= 0.6 is 0 Å². The summed E-state index contributed by atoms with van der Waals surface area (Å²) in [5.74, 6) is -0.509. The van der Waals surface area contributed by atoms with Crippen LogP contribution in [0.15, 0.2) is 27.6 Å². The van der Waals surface area contributed by atoms with Gasteiger partial charge < -0.3 is 9.15 Å². The predicted octanol–water partition coefficient (Wildman–Crippen LogP) is 0.817. The van der Waals surface area contributed by atoms with Crippen LogP contribution in [0.3, 0.4) is 0 Å². The van der Waals surface area contributed by atoms with Gasteiger partial charge >= 0.3 is 11.6 Å². The highest BCUT2D eigenvalue weighted by molar-refractivity contribution is 5.88. The molecule has 0 spiro atoms. The van der Waals surface area contributed by atoms with Crippen molar-refractivity contribution in [3.05, 3.63) is 34.4 Å². The quantitative estimate of drug-likeness (QED) is 0.613. The van der Waals surface area contributed by atoms with Gasteiger partial charge in [-0.05, 0) is 13.0 Å². The van der Waals surface area contributed by atoms with E-state index in [0.29, 0.717) is 6.61 Å². The molecule has 0 amide bonds. The molecule has 4 nitrogen and oxygen atoms in total. The number of rotatable bonds is 2. The Morgan fingerprint density at radius 3 is 3.00 bits per heavy atom. The van der Waals surface area contributed by atoms with Gasteiger partial charge in [0.15, 0.2) is 0 Å². The van der Waals surface area contributed by atoms with Crippen molar-refractivity contribution >= 4 is 5.97 Å². The second-order valence-corrected chi connectivity index (χ2v) is 2.06. The fraction of sp³-hybridized carbons (Fsp3) is 0.250. The number of hydrogen-bond acceptors (Lipinski definition) is 4. The Kier molecular flexibility index (Phi) is 2.63. The van der Waals surface area contributed by atoms with Crippen molar-refractivity contribution in [1.29, 1.82) is 0 Å². The van der Waals surface area contributed by atoms with Crippen molar-refractivity contribution < 1.29 is 13.9 Å². The van der Waals surface area contributed by atoms with Crippen molar-refractivity contribution in [3.63, 3.8) is 0 Å². The topological polar surface area (TPSA) is 56.5 Å². The van der Waals surface area contributed by atoms with Crippen LogP contribution in [0.5, 0.6) is 0 Å². The monoisotopic (exact) mass is 168 g/mol. The summed E-state index contributed by atoms with van der Waals surface area (Å²) in [5, 5.41) is 0. The lowest BCUT2D eigenvalue weighted by molar-refractivity contribution is 0.0525. The number of hydrogen-bond donors (Lipinski definition) is 0. The SMILES string of the molecule is CCOC(=O)c1ccoc(=O)c1. The third-order valence-electron chi connectivity index (χ3n) is 1.22. The average molecular weight is 168 g/mol. The van der Waals surface area contributed by atoms with E-state index in [9.17, 15) is 9.59 Å². The van der Waals surface area contributed by atoms with Crippen LogP contribution in [0.4, 0.5) is 0 Å². The molecule has 0 bridgehead atoms. The molecule has 0 aliphatic carbocycles. The highest BCUT2D eigenvalue weighted by Gasteiger charge is 2.05. The van der Waals surface area contributed by atoms with Gasteiger partial charge in [-0.15, -0.1) is 0 Å². The van der Waals surface area contributed by atoms with E-state index in [0.717, 1.165) is 12.3 Å². The Balaban J connectivity index is 2.88. The largest absolute Gasteiger partial charge is 0.462 e. The van der Waals surface area contributed by atoms with Crippen molar-refractivity contribution in [2.24, 2.45) is 0 Å². The van der Waals surface area contributed by atoms with Gasteiger partial charge in [-0.3, -0.25) is 0 Å². The molecular weight excluding hydrogens is 160 g/mol. The Morgan fingerprint density at radius 1 is 1.67 bits per heavy atom. The summed E-state index contributed by atoms with van der Waals surface area (Å²) in [7, 11) is 0. The van der Waals surface area contributed by atoms with Crippen molar-refractivity contribution in [1.82, 2.24) is 0 Å². The Labute approximate surface area is 68.8 Å². The zero-order chi connectivity index (χ0) is 8.97. The second kappa shape index (κ2) is 3.71. The standard InChI is InChI=1S/C8H8O4/c1-2-11-8(10)6-3-4-12-7(9)5-6/h3-5H,2H2,1H3. The summed E-state index contributed by atoms with van der Waals surface area (Å²) >= 11 is 0. The first-order chi connectivity index (χ1) is 5.74. The molecule has 0 aliphatic rings. The normalized spacial score (nSPS) is 9.42. The van der Waals surface area contributed by atoms with Crippen LogP contribution in [0, 0.1) is 0 Å². The van der Waals surface area contributed by atoms with Gasteiger partial charge in [-0.25, -0.2) is 9.59 Å². The summed E-state index contributed by atoms with van der Waals surface area (Å²) in [6.45, 7) is 1.99. The molecule has 1 aromatic rings. The maximum atomic E-state index is 11.0. The molecule has 0 saturated carbocycles. The lowest BCUT2D eigenvalue weighted by Gasteiger charge is -1.98. The molecule has 0 aliphatic heterocycles. The second-order valence-electron chi connectivity index (χ2n) is 2.06. The number of carbonyl (C=O) groups is 1. The smallest absolute Gasteiger partial charge is 0.338 e. The molecule has 0 atom stereocenters. The summed E-state index contributed by atoms with van der Waals surface area (Å²) in [6.07, 6.45) is 1.16. The summed E-state index contributed by atoms with van der Waals surface area (Å²) in [4.78, 5) is 21.6. The number of esters is 1. The van der Waals surface area contributed by atoms with E-state index < -0.39 is 11.6 Å². The Morgan fingerprint density at radius 2 is 2.42 bits per heavy atom. The fourth-order valence-corrected chi connectivity index (χ4v) is 0.725. The van der Waals surface area contributed by atoms with Gasteiger partial charge in [-0.2, -0.15) is 0 Å². The van der Waals surface area contributed by atoms with Gasteiger partial charge in [0, 0.05) is 6.07 Å². The molecule has 0 saturated heterocycles. The molecule has 0 N–H and O–H groups in total. The van der Waals surface area contributed by atoms with Crippen LogP contribution in [0.25, 0.3) is 0 Å². The molecule has 64 valence electrons. The maximum Gasteiger partial charge on any atom is 0.338 e. The third-order valence-corrected chi connectivity index (χ3v) is 1.22. The molecule has 1 aromatic heterocycles. The molecule has 1 heterocycles. The lowest BCUT2D eigenvalue weighted by Crippen LogP contribution is -2.08. The maximum absolute atomic E-state index is 11.0. The van der Waals surface area contributed by atoms with Crippen LogP contribution < -0.4 is 5.63 Å². The van der Waals surface area contributed by atoms with Gasteiger partial charge in [0.1, 0.15) is 0 Å². The molecular formula is C8H8O4. The van der Waals surface area contributed by atoms with Gasteiger partial charge in [-0.1, -0.05) is 0 Å². The molecule has 0 aromatic carbocycles. The molecule has 0 radical (unpaired) electrons. The van der Waals surface area contributed by atoms with E-state index in [1.165, 1.54) is 6.07 Å². The van der Waals surface area contributed by atoms with E-state index in [-0.39, 0.29) is 5.56 Å². The predicted molar refractivity (Wildman–Crippen MR) is 40.9 cm³/mol.